The molecular formula is C22H21BrN2O5. The van der Waals surface area contributed by atoms with Gasteiger partial charge in [0, 0.05) is 35.2 Å². The van der Waals surface area contributed by atoms with E-state index in [0.717, 1.165) is 14.4 Å². The fourth-order valence-corrected chi connectivity index (χ4v) is 3.78. The zero-order valence-electron chi connectivity index (χ0n) is 16.9. The molecule has 8 heteroatoms. The van der Waals surface area contributed by atoms with Crippen LogP contribution in [0, 0.1) is 25.2 Å². The topological polar surface area (TPSA) is 105 Å². The van der Waals surface area contributed by atoms with Gasteiger partial charge in [0.05, 0.1) is 5.56 Å². The molecule has 0 radical (unpaired) electrons. The third-order valence-corrected chi connectivity index (χ3v) is 5.50. The Bertz CT molecular complexity index is 1230. The minimum atomic E-state index is -0.634. The summed E-state index contributed by atoms with van der Waals surface area (Å²) in [6.45, 7) is 6.12. The fourth-order valence-electron chi connectivity index (χ4n) is 3.42. The maximum atomic E-state index is 13.4. The molecule has 0 amide bonds. The average molecular weight is 473 g/mol. The molecule has 2 heterocycles. The van der Waals surface area contributed by atoms with Gasteiger partial charge in [-0.2, -0.15) is 5.26 Å². The Balaban J connectivity index is 2.15. The second-order valence-corrected chi connectivity index (χ2v) is 7.76. The lowest BCUT2D eigenvalue weighted by Gasteiger charge is -2.15. The van der Waals surface area contributed by atoms with E-state index in [1.807, 2.05) is 19.1 Å². The van der Waals surface area contributed by atoms with Crippen LogP contribution in [-0.2, 0) is 11.3 Å². The molecule has 0 atom stereocenters. The zero-order valence-corrected chi connectivity index (χ0v) is 18.5. The van der Waals surface area contributed by atoms with Gasteiger partial charge >= 0.3 is 0 Å². The summed E-state index contributed by atoms with van der Waals surface area (Å²) in [5.41, 5.74) is 0.357. The second-order valence-electron chi connectivity index (χ2n) is 6.84. The largest absolute Gasteiger partial charge is 0.494 e. The standard InChI is InChI=1S/C22H21BrN2O5/c1-4-29-9-5-8-25-21(27)16(11-24)12(2)18(22(25)28)19(26)20-13(3)15-10-14(23)6-7-17(15)30-20/h6-7,10,28H,4-5,8-9H2,1-3H3. The van der Waals surface area contributed by atoms with Gasteiger partial charge in [0.2, 0.25) is 11.7 Å². The van der Waals surface area contributed by atoms with Crippen LogP contribution in [0.5, 0.6) is 5.88 Å². The van der Waals surface area contributed by atoms with Crippen molar-refractivity contribution in [3.8, 4) is 11.9 Å². The third kappa shape index (κ3) is 3.78. The van der Waals surface area contributed by atoms with E-state index in [-0.39, 0.29) is 29.0 Å². The van der Waals surface area contributed by atoms with E-state index in [0.29, 0.717) is 30.8 Å². The van der Waals surface area contributed by atoms with Gasteiger partial charge in [-0.25, -0.2) is 0 Å². The second kappa shape index (κ2) is 8.86. The van der Waals surface area contributed by atoms with Crippen LogP contribution in [-0.4, -0.2) is 28.7 Å². The number of nitriles is 1. The minimum absolute atomic E-state index is 0.0601. The Morgan fingerprint density at radius 3 is 2.73 bits per heavy atom. The van der Waals surface area contributed by atoms with Crippen molar-refractivity contribution in [2.45, 2.75) is 33.7 Å². The molecular weight excluding hydrogens is 452 g/mol. The average Bonchev–Trinajstić information content (AvgIpc) is 3.03. The summed E-state index contributed by atoms with van der Waals surface area (Å²) in [5, 5.41) is 21.1. The van der Waals surface area contributed by atoms with Crippen molar-refractivity contribution in [2.75, 3.05) is 13.2 Å². The highest BCUT2D eigenvalue weighted by atomic mass is 79.9. The Morgan fingerprint density at radius 2 is 2.07 bits per heavy atom. The van der Waals surface area contributed by atoms with Gasteiger partial charge in [-0.15, -0.1) is 0 Å². The number of aromatic nitrogens is 1. The first-order valence-electron chi connectivity index (χ1n) is 9.49. The summed E-state index contributed by atoms with van der Waals surface area (Å²) in [6, 6.07) is 7.25. The van der Waals surface area contributed by atoms with Gasteiger partial charge in [0.1, 0.15) is 17.2 Å². The minimum Gasteiger partial charge on any atom is -0.494 e. The number of fused-ring (bicyclic) bond motifs is 1. The highest BCUT2D eigenvalue weighted by Gasteiger charge is 2.28. The predicted octanol–water partition coefficient (Wildman–Crippen LogP) is 4.21. The number of nitrogens with zero attached hydrogens (tertiary/aromatic N) is 2. The van der Waals surface area contributed by atoms with E-state index in [1.54, 1.807) is 19.1 Å². The van der Waals surface area contributed by atoms with Crippen LogP contribution in [0.15, 0.2) is 31.9 Å². The maximum absolute atomic E-state index is 13.4. The number of hydrogen-bond acceptors (Lipinski definition) is 6. The number of carbonyl (C=O) groups is 1. The van der Waals surface area contributed by atoms with Crippen molar-refractivity contribution in [3.05, 3.63) is 61.0 Å². The van der Waals surface area contributed by atoms with Gasteiger partial charge in [0.15, 0.2) is 5.76 Å². The van der Waals surface area contributed by atoms with E-state index >= 15 is 0 Å². The Morgan fingerprint density at radius 1 is 1.33 bits per heavy atom. The van der Waals surface area contributed by atoms with Crippen LogP contribution in [0.25, 0.3) is 11.0 Å². The molecule has 3 aromatic rings. The van der Waals surface area contributed by atoms with Crippen LogP contribution in [0.3, 0.4) is 0 Å². The highest BCUT2D eigenvalue weighted by molar-refractivity contribution is 9.10. The molecule has 0 aliphatic heterocycles. The van der Waals surface area contributed by atoms with Gasteiger partial charge in [0.25, 0.3) is 5.56 Å². The molecule has 0 fully saturated rings. The van der Waals surface area contributed by atoms with Gasteiger partial charge in [-0.1, -0.05) is 15.9 Å². The van der Waals surface area contributed by atoms with Crippen LogP contribution in [0.1, 0.15) is 46.2 Å². The first-order chi connectivity index (χ1) is 14.3. The Hall–Kier alpha value is -2.89. The normalized spacial score (nSPS) is 11.0. The van der Waals surface area contributed by atoms with Crippen molar-refractivity contribution < 1.29 is 19.1 Å². The number of aryl methyl sites for hydroxylation is 1. The highest BCUT2D eigenvalue weighted by Crippen LogP contribution is 2.32. The number of halogens is 1. The number of ketones is 1. The molecule has 3 rings (SSSR count). The molecule has 7 nitrogen and oxygen atoms in total. The molecule has 0 saturated heterocycles. The fraction of sp³-hybridized carbons (Fsp3) is 0.318. The number of carbonyl (C=O) groups excluding carboxylic acids is 1. The quantitative estimate of drug-likeness (QED) is 0.407. The molecule has 0 unspecified atom stereocenters. The lowest BCUT2D eigenvalue weighted by atomic mass is 9.98. The third-order valence-electron chi connectivity index (χ3n) is 5.01. The van der Waals surface area contributed by atoms with E-state index in [2.05, 4.69) is 15.9 Å². The van der Waals surface area contributed by atoms with Crippen molar-refractivity contribution >= 4 is 32.7 Å². The molecule has 0 spiro atoms. The Labute approximate surface area is 181 Å². The molecule has 0 aliphatic carbocycles. The summed E-state index contributed by atoms with van der Waals surface area (Å²) in [5.74, 6) is -0.992. The van der Waals surface area contributed by atoms with Crippen molar-refractivity contribution in [3.63, 3.8) is 0 Å². The SMILES string of the molecule is CCOCCCn1c(O)c(C(=O)c2oc3ccc(Br)cc3c2C)c(C)c(C#N)c1=O. The number of rotatable bonds is 7. The maximum Gasteiger partial charge on any atom is 0.271 e. The van der Waals surface area contributed by atoms with Crippen LogP contribution < -0.4 is 5.56 Å². The predicted molar refractivity (Wildman–Crippen MR) is 115 cm³/mol. The summed E-state index contributed by atoms with van der Waals surface area (Å²) in [7, 11) is 0. The molecule has 0 aliphatic rings. The van der Waals surface area contributed by atoms with Gasteiger partial charge in [-0.05, 0) is 51.0 Å². The van der Waals surface area contributed by atoms with E-state index in [4.69, 9.17) is 9.15 Å². The first kappa shape index (κ1) is 21.8. The van der Waals surface area contributed by atoms with Crippen molar-refractivity contribution in [1.29, 1.82) is 5.26 Å². The summed E-state index contributed by atoms with van der Waals surface area (Å²) in [4.78, 5) is 26.0. The molecule has 1 N–H and O–H groups in total. The number of furan rings is 1. The van der Waals surface area contributed by atoms with E-state index in [9.17, 15) is 20.0 Å². The number of aromatic hydroxyl groups is 1. The van der Waals surface area contributed by atoms with Crippen molar-refractivity contribution in [1.82, 2.24) is 4.57 Å². The lowest BCUT2D eigenvalue weighted by molar-refractivity contribution is 0.100. The van der Waals surface area contributed by atoms with E-state index in [1.165, 1.54) is 6.92 Å². The molecule has 156 valence electrons. The lowest BCUT2D eigenvalue weighted by Crippen LogP contribution is -2.27. The number of benzene rings is 1. The monoisotopic (exact) mass is 472 g/mol. The van der Waals surface area contributed by atoms with Gasteiger partial charge < -0.3 is 14.3 Å². The van der Waals surface area contributed by atoms with Crippen LogP contribution >= 0.6 is 15.9 Å². The first-order valence-corrected chi connectivity index (χ1v) is 10.3. The van der Waals surface area contributed by atoms with E-state index < -0.39 is 17.2 Å². The molecule has 0 saturated carbocycles. The summed E-state index contributed by atoms with van der Waals surface area (Å²) in [6.07, 6.45) is 0.445. The van der Waals surface area contributed by atoms with Crippen LogP contribution in [0.4, 0.5) is 0 Å². The molecule has 1 aromatic carbocycles. The smallest absolute Gasteiger partial charge is 0.271 e. The number of ether oxygens (including phenoxy) is 1. The Kier molecular flexibility index (Phi) is 6.44. The number of pyridine rings is 1. The van der Waals surface area contributed by atoms with Gasteiger partial charge in [-0.3, -0.25) is 14.2 Å². The van der Waals surface area contributed by atoms with Crippen LogP contribution in [0.2, 0.25) is 0 Å². The molecule has 30 heavy (non-hydrogen) atoms. The summed E-state index contributed by atoms with van der Waals surface area (Å²) >= 11 is 3.40. The molecule has 2 aromatic heterocycles. The number of hydrogen-bond donors (Lipinski definition) is 1. The zero-order chi connectivity index (χ0) is 22.0. The summed E-state index contributed by atoms with van der Waals surface area (Å²) < 4.78 is 12.9. The molecule has 0 bridgehead atoms. The van der Waals surface area contributed by atoms with Crippen molar-refractivity contribution in [2.24, 2.45) is 0 Å².